The third-order valence-electron chi connectivity index (χ3n) is 6.21. The number of rotatable bonds is 4. The summed E-state index contributed by atoms with van der Waals surface area (Å²) >= 11 is 0. The first-order valence-electron chi connectivity index (χ1n) is 10.7. The molecule has 2 aliphatic rings. The largest absolute Gasteiger partial charge is 0.339 e. The van der Waals surface area contributed by atoms with Gasteiger partial charge in [0.2, 0.25) is 0 Å². The van der Waals surface area contributed by atoms with E-state index in [-0.39, 0.29) is 0 Å². The van der Waals surface area contributed by atoms with Crippen LogP contribution in [0.3, 0.4) is 0 Å². The van der Waals surface area contributed by atoms with Crippen LogP contribution in [0.4, 0.5) is 11.5 Å². The molecule has 144 valence electrons. The van der Waals surface area contributed by atoms with Crippen molar-refractivity contribution in [2.45, 2.75) is 51.5 Å². The number of fused-ring (bicyclic) bond motifs is 2. The summed E-state index contributed by atoms with van der Waals surface area (Å²) in [5.41, 5.74) is 6.05. The fraction of sp³-hybridized carbons (Fsp3) is 0.417. The van der Waals surface area contributed by atoms with Gasteiger partial charge in [-0.05, 0) is 49.1 Å². The highest BCUT2D eigenvalue weighted by atomic mass is 15.0. The SMILES string of the molecule is c1ccc2ncc(Nc3nc(CC4CCCCC4)cc4c3CCNC4)cc2c1. The van der Waals surface area contributed by atoms with Crippen molar-refractivity contribution in [2.24, 2.45) is 5.92 Å². The van der Waals surface area contributed by atoms with Gasteiger partial charge < -0.3 is 10.6 Å². The minimum absolute atomic E-state index is 0.797. The Kier molecular flexibility index (Phi) is 4.96. The fourth-order valence-electron chi connectivity index (χ4n) is 4.73. The number of para-hydroxylation sites is 1. The van der Waals surface area contributed by atoms with Gasteiger partial charge in [0.05, 0.1) is 17.4 Å². The zero-order valence-corrected chi connectivity index (χ0v) is 16.4. The maximum atomic E-state index is 5.09. The van der Waals surface area contributed by atoms with E-state index in [0.717, 1.165) is 54.3 Å². The summed E-state index contributed by atoms with van der Waals surface area (Å²) in [5, 5.41) is 8.27. The van der Waals surface area contributed by atoms with Crippen molar-refractivity contribution in [1.82, 2.24) is 15.3 Å². The Morgan fingerprint density at radius 3 is 2.89 bits per heavy atom. The number of aromatic nitrogens is 2. The summed E-state index contributed by atoms with van der Waals surface area (Å²) < 4.78 is 0. The second-order valence-electron chi connectivity index (χ2n) is 8.28. The average Bonchev–Trinajstić information content (AvgIpc) is 2.74. The maximum Gasteiger partial charge on any atom is 0.134 e. The van der Waals surface area contributed by atoms with Crippen molar-refractivity contribution in [3.05, 3.63) is 59.4 Å². The van der Waals surface area contributed by atoms with E-state index in [4.69, 9.17) is 4.98 Å². The van der Waals surface area contributed by atoms with Crippen LogP contribution in [0.25, 0.3) is 10.9 Å². The van der Waals surface area contributed by atoms with Gasteiger partial charge >= 0.3 is 0 Å². The van der Waals surface area contributed by atoms with E-state index in [9.17, 15) is 0 Å². The lowest BCUT2D eigenvalue weighted by Gasteiger charge is -2.24. The molecule has 0 amide bonds. The molecule has 0 spiro atoms. The molecule has 4 heteroatoms. The van der Waals surface area contributed by atoms with Gasteiger partial charge in [-0.3, -0.25) is 4.98 Å². The van der Waals surface area contributed by atoms with Gasteiger partial charge in [0.1, 0.15) is 5.82 Å². The molecule has 2 aromatic heterocycles. The maximum absolute atomic E-state index is 5.09. The number of nitrogens with one attached hydrogen (secondary N) is 2. The Morgan fingerprint density at radius 1 is 1.07 bits per heavy atom. The quantitative estimate of drug-likeness (QED) is 0.666. The lowest BCUT2D eigenvalue weighted by molar-refractivity contribution is 0.354. The van der Waals surface area contributed by atoms with Crippen LogP contribution in [0.15, 0.2) is 42.6 Å². The van der Waals surface area contributed by atoms with E-state index in [1.165, 1.54) is 48.9 Å². The summed E-state index contributed by atoms with van der Waals surface area (Å²) in [7, 11) is 0. The molecular formula is C24H28N4. The molecule has 0 bridgehead atoms. The third-order valence-corrected chi connectivity index (χ3v) is 6.21. The molecule has 3 aromatic rings. The van der Waals surface area contributed by atoms with Crippen molar-refractivity contribution in [2.75, 3.05) is 11.9 Å². The lowest BCUT2D eigenvalue weighted by Crippen LogP contribution is -2.25. The Balaban J connectivity index is 1.46. The van der Waals surface area contributed by atoms with Crippen LogP contribution < -0.4 is 10.6 Å². The van der Waals surface area contributed by atoms with Gasteiger partial charge in [0.25, 0.3) is 0 Å². The second-order valence-corrected chi connectivity index (χ2v) is 8.28. The minimum Gasteiger partial charge on any atom is -0.339 e. The summed E-state index contributed by atoms with van der Waals surface area (Å²) in [4.78, 5) is 9.69. The number of benzene rings is 1. The van der Waals surface area contributed by atoms with Crippen LogP contribution >= 0.6 is 0 Å². The molecule has 0 atom stereocenters. The molecule has 1 saturated carbocycles. The van der Waals surface area contributed by atoms with Crippen LogP contribution in [0.2, 0.25) is 0 Å². The summed E-state index contributed by atoms with van der Waals surface area (Å²) in [5.74, 6) is 1.83. The van der Waals surface area contributed by atoms with Gasteiger partial charge in [0.15, 0.2) is 0 Å². The number of hydrogen-bond donors (Lipinski definition) is 2. The zero-order chi connectivity index (χ0) is 18.8. The standard InChI is InChI=1S/C24H28N4/c1-2-6-17(7-3-1)12-20-14-19-15-25-11-10-22(19)24(27-20)28-21-13-18-8-4-5-9-23(18)26-16-21/h4-5,8-9,13-14,16-17,25H,1-3,6-7,10-12,15H2,(H,27,28). The van der Waals surface area contributed by atoms with Gasteiger partial charge in [-0.2, -0.15) is 0 Å². The normalized spacial score (nSPS) is 17.4. The summed E-state index contributed by atoms with van der Waals surface area (Å²) in [6, 6.07) is 12.8. The van der Waals surface area contributed by atoms with Crippen LogP contribution in [0.5, 0.6) is 0 Å². The van der Waals surface area contributed by atoms with Gasteiger partial charge in [-0.25, -0.2) is 4.98 Å². The highest BCUT2D eigenvalue weighted by Crippen LogP contribution is 2.30. The Morgan fingerprint density at radius 2 is 1.96 bits per heavy atom. The van der Waals surface area contributed by atoms with Crippen LogP contribution in [0.1, 0.15) is 48.9 Å². The molecule has 4 nitrogen and oxygen atoms in total. The summed E-state index contributed by atoms with van der Waals surface area (Å²) in [6.07, 6.45) is 10.9. The molecular weight excluding hydrogens is 344 g/mol. The van der Waals surface area contributed by atoms with Gasteiger partial charge in [-0.1, -0.05) is 50.3 Å². The minimum atomic E-state index is 0.797. The molecule has 0 unspecified atom stereocenters. The first kappa shape index (κ1) is 17.6. The molecule has 1 aromatic carbocycles. The van der Waals surface area contributed by atoms with Crippen molar-refractivity contribution in [3.63, 3.8) is 0 Å². The first-order valence-corrected chi connectivity index (χ1v) is 10.7. The van der Waals surface area contributed by atoms with E-state index < -0.39 is 0 Å². The molecule has 0 radical (unpaired) electrons. The molecule has 1 aliphatic carbocycles. The highest BCUT2D eigenvalue weighted by molar-refractivity contribution is 5.82. The van der Waals surface area contributed by atoms with E-state index in [0.29, 0.717) is 0 Å². The smallest absolute Gasteiger partial charge is 0.134 e. The van der Waals surface area contributed by atoms with E-state index in [1.807, 2.05) is 12.3 Å². The van der Waals surface area contributed by atoms with Crippen LogP contribution in [0, 0.1) is 5.92 Å². The number of pyridine rings is 2. The Bertz CT molecular complexity index is 976. The number of hydrogen-bond acceptors (Lipinski definition) is 4. The van der Waals surface area contributed by atoms with Gasteiger partial charge in [0, 0.05) is 23.2 Å². The molecule has 0 saturated heterocycles. The van der Waals surface area contributed by atoms with E-state index >= 15 is 0 Å². The molecule has 5 rings (SSSR count). The summed E-state index contributed by atoms with van der Waals surface area (Å²) in [6.45, 7) is 1.96. The van der Waals surface area contributed by atoms with Crippen LogP contribution in [-0.2, 0) is 19.4 Å². The monoisotopic (exact) mass is 372 g/mol. The van der Waals surface area contributed by atoms with Crippen molar-refractivity contribution in [1.29, 1.82) is 0 Å². The van der Waals surface area contributed by atoms with Gasteiger partial charge in [-0.15, -0.1) is 0 Å². The highest BCUT2D eigenvalue weighted by Gasteiger charge is 2.19. The lowest BCUT2D eigenvalue weighted by atomic mass is 9.85. The topological polar surface area (TPSA) is 49.8 Å². The van der Waals surface area contributed by atoms with Crippen LogP contribution in [-0.4, -0.2) is 16.5 Å². The van der Waals surface area contributed by atoms with E-state index in [2.05, 4.69) is 45.9 Å². The molecule has 2 N–H and O–H groups in total. The zero-order valence-electron chi connectivity index (χ0n) is 16.4. The molecule has 1 aliphatic heterocycles. The molecule has 3 heterocycles. The predicted octanol–water partition coefficient (Wildman–Crippen LogP) is 5.14. The number of nitrogens with zero attached hydrogens (tertiary/aromatic N) is 2. The fourth-order valence-corrected chi connectivity index (χ4v) is 4.73. The predicted molar refractivity (Wildman–Crippen MR) is 115 cm³/mol. The van der Waals surface area contributed by atoms with Crippen molar-refractivity contribution in [3.8, 4) is 0 Å². The Hall–Kier alpha value is -2.46. The van der Waals surface area contributed by atoms with Crippen molar-refractivity contribution < 1.29 is 0 Å². The Labute approximate surface area is 166 Å². The van der Waals surface area contributed by atoms with Crippen molar-refractivity contribution >= 4 is 22.4 Å². The average molecular weight is 373 g/mol. The van der Waals surface area contributed by atoms with E-state index in [1.54, 1.807) is 0 Å². The number of anilines is 2. The third kappa shape index (κ3) is 3.74. The first-order chi connectivity index (χ1) is 13.8. The molecule has 1 fully saturated rings. The molecule has 28 heavy (non-hydrogen) atoms. The second kappa shape index (κ2) is 7.88.